The van der Waals surface area contributed by atoms with Gasteiger partial charge in [0.1, 0.15) is 5.65 Å². The quantitative estimate of drug-likeness (QED) is 0.341. The first-order valence-corrected chi connectivity index (χ1v) is 10.3. The second-order valence-electron chi connectivity index (χ2n) is 7.69. The Labute approximate surface area is 191 Å². The number of nitrogens with one attached hydrogen (secondary N) is 1. The third kappa shape index (κ3) is 3.90. The Morgan fingerprint density at radius 2 is 1.50 bits per heavy atom. The van der Waals surface area contributed by atoms with Crippen LogP contribution in [0.2, 0.25) is 0 Å². The third-order valence-electron chi connectivity index (χ3n) is 5.47. The summed E-state index contributed by atoms with van der Waals surface area (Å²) in [4.78, 5) is 29.3. The Morgan fingerprint density at radius 1 is 0.824 bits per heavy atom. The average Bonchev–Trinajstić information content (AvgIpc) is 3.31. The van der Waals surface area contributed by atoms with E-state index in [1.54, 1.807) is 77.5 Å². The standard InChI is InChI=1S/C26H16F3N3O2/c27-26(28,29)25(34)31-22-14-18-9-5-4-8-17(18)12-20(22)21-13-19(15-32-11-10-30-24(21)32)23(33)16-6-2-1-3-7-16/h1-15H,(H,31,34). The van der Waals surface area contributed by atoms with Crippen LogP contribution in [0.1, 0.15) is 15.9 Å². The van der Waals surface area contributed by atoms with E-state index in [0.717, 1.165) is 5.39 Å². The molecule has 0 aliphatic rings. The highest BCUT2D eigenvalue weighted by Gasteiger charge is 2.39. The van der Waals surface area contributed by atoms with Crippen molar-refractivity contribution in [2.75, 3.05) is 5.32 Å². The van der Waals surface area contributed by atoms with Crippen molar-refractivity contribution in [3.8, 4) is 11.1 Å². The number of halogens is 3. The first-order valence-electron chi connectivity index (χ1n) is 10.3. The normalized spacial score (nSPS) is 11.6. The molecule has 0 bridgehead atoms. The monoisotopic (exact) mass is 459 g/mol. The molecule has 0 aliphatic heterocycles. The molecule has 2 aromatic heterocycles. The van der Waals surface area contributed by atoms with Crippen LogP contribution in [-0.4, -0.2) is 27.3 Å². The zero-order valence-corrected chi connectivity index (χ0v) is 17.5. The van der Waals surface area contributed by atoms with Crippen LogP contribution < -0.4 is 5.32 Å². The van der Waals surface area contributed by atoms with Gasteiger partial charge >= 0.3 is 12.1 Å². The number of amides is 1. The van der Waals surface area contributed by atoms with Crippen LogP contribution in [0.5, 0.6) is 0 Å². The molecular weight excluding hydrogens is 443 g/mol. The summed E-state index contributed by atoms with van der Waals surface area (Å²) in [7, 11) is 0. The summed E-state index contributed by atoms with van der Waals surface area (Å²) in [6.45, 7) is 0. The van der Waals surface area contributed by atoms with Crippen molar-refractivity contribution >= 4 is 33.8 Å². The summed E-state index contributed by atoms with van der Waals surface area (Å²) in [6, 6.07) is 20.5. The predicted octanol–water partition coefficient (Wildman–Crippen LogP) is 5.89. The molecule has 0 aliphatic carbocycles. The second kappa shape index (κ2) is 8.15. The molecule has 0 saturated heterocycles. The van der Waals surface area contributed by atoms with E-state index in [4.69, 9.17) is 0 Å². The van der Waals surface area contributed by atoms with E-state index in [1.807, 2.05) is 11.4 Å². The number of alkyl halides is 3. The minimum absolute atomic E-state index is 0.0322. The Bertz CT molecular complexity index is 1560. The van der Waals surface area contributed by atoms with Crippen LogP contribution >= 0.6 is 0 Å². The minimum Gasteiger partial charge on any atom is -0.318 e. The smallest absolute Gasteiger partial charge is 0.318 e. The van der Waals surface area contributed by atoms with Gasteiger partial charge in [-0.05, 0) is 29.0 Å². The van der Waals surface area contributed by atoms with Gasteiger partial charge < -0.3 is 9.72 Å². The van der Waals surface area contributed by atoms with Gasteiger partial charge in [0, 0.05) is 46.5 Å². The van der Waals surface area contributed by atoms with Gasteiger partial charge in [-0.1, -0.05) is 54.6 Å². The Balaban J connectivity index is 1.74. The number of ketones is 1. The highest BCUT2D eigenvalue weighted by molar-refractivity contribution is 6.11. The summed E-state index contributed by atoms with van der Waals surface area (Å²) < 4.78 is 40.8. The molecule has 2 heterocycles. The number of anilines is 1. The van der Waals surface area contributed by atoms with Gasteiger partial charge in [0.2, 0.25) is 0 Å². The summed E-state index contributed by atoms with van der Waals surface area (Å²) in [5, 5.41) is 3.40. The fourth-order valence-corrected chi connectivity index (χ4v) is 3.87. The molecule has 0 unspecified atom stereocenters. The van der Waals surface area contributed by atoms with Gasteiger partial charge in [0.25, 0.3) is 0 Å². The van der Waals surface area contributed by atoms with Crippen molar-refractivity contribution < 1.29 is 22.8 Å². The Morgan fingerprint density at radius 3 is 2.21 bits per heavy atom. The van der Waals surface area contributed by atoms with Crippen molar-refractivity contribution in [3.63, 3.8) is 0 Å². The summed E-state index contributed by atoms with van der Waals surface area (Å²) in [6.07, 6.45) is -0.257. The molecule has 5 nitrogen and oxygen atoms in total. The van der Waals surface area contributed by atoms with Crippen LogP contribution in [0.25, 0.3) is 27.5 Å². The van der Waals surface area contributed by atoms with Crippen molar-refractivity contribution in [2.24, 2.45) is 0 Å². The molecule has 5 rings (SSSR count). The molecular formula is C26H16F3N3O2. The van der Waals surface area contributed by atoms with Crippen molar-refractivity contribution in [2.45, 2.75) is 6.18 Å². The summed E-state index contributed by atoms with van der Waals surface area (Å²) in [5.41, 5.74) is 1.92. The van der Waals surface area contributed by atoms with Crippen molar-refractivity contribution in [3.05, 3.63) is 103 Å². The second-order valence-corrected chi connectivity index (χ2v) is 7.69. The first kappa shape index (κ1) is 21.4. The molecule has 5 aromatic rings. The van der Waals surface area contributed by atoms with Crippen LogP contribution in [0.15, 0.2) is 91.4 Å². The van der Waals surface area contributed by atoms with Gasteiger partial charge in [0.15, 0.2) is 5.78 Å². The van der Waals surface area contributed by atoms with E-state index in [0.29, 0.717) is 33.3 Å². The largest absolute Gasteiger partial charge is 0.471 e. The number of aromatic nitrogens is 2. The number of pyridine rings is 1. The van der Waals surface area contributed by atoms with Crippen LogP contribution in [0.4, 0.5) is 18.9 Å². The van der Waals surface area contributed by atoms with E-state index >= 15 is 0 Å². The fraction of sp³-hybridized carbons (Fsp3) is 0.0385. The van der Waals surface area contributed by atoms with Gasteiger partial charge in [-0.25, -0.2) is 4.98 Å². The molecule has 168 valence electrons. The van der Waals surface area contributed by atoms with Gasteiger partial charge in [-0.3, -0.25) is 9.59 Å². The number of fused-ring (bicyclic) bond motifs is 2. The Hall–Kier alpha value is -4.46. The van der Waals surface area contributed by atoms with E-state index in [-0.39, 0.29) is 11.5 Å². The van der Waals surface area contributed by atoms with Crippen LogP contribution in [0.3, 0.4) is 0 Å². The molecule has 0 atom stereocenters. The fourth-order valence-electron chi connectivity index (χ4n) is 3.87. The minimum atomic E-state index is -5.06. The van der Waals surface area contributed by atoms with Crippen LogP contribution in [0, 0.1) is 0 Å². The number of carbonyl (C=O) groups is 2. The first-order chi connectivity index (χ1) is 16.3. The zero-order chi connectivity index (χ0) is 23.9. The maximum Gasteiger partial charge on any atom is 0.471 e. The van der Waals surface area contributed by atoms with Gasteiger partial charge in [-0.15, -0.1) is 0 Å². The van der Waals surface area contributed by atoms with E-state index in [1.165, 1.54) is 12.3 Å². The molecule has 1 amide bonds. The highest BCUT2D eigenvalue weighted by atomic mass is 19.4. The van der Waals surface area contributed by atoms with E-state index in [2.05, 4.69) is 4.98 Å². The van der Waals surface area contributed by atoms with Crippen LogP contribution in [-0.2, 0) is 4.79 Å². The number of carbonyl (C=O) groups excluding carboxylic acids is 2. The third-order valence-corrected chi connectivity index (χ3v) is 5.47. The molecule has 0 saturated carbocycles. The lowest BCUT2D eigenvalue weighted by Gasteiger charge is -2.16. The average molecular weight is 459 g/mol. The number of imidazole rings is 1. The predicted molar refractivity (Wildman–Crippen MR) is 123 cm³/mol. The highest BCUT2D eigenvalue weighted by Crippen LogP contribution is 2.36. The lowest BCUT2D eigenvalue weighted by molar-refractivity contribution is -0.167. The van der Waals surface area contributed by atoms with E-state index in [9.17, 15) is 22.8 Å². The van der Waals surface area contributed by atoms with Gasteiger partial charge in [-0.2, -0.15) is 13.2 Å². The molecule has 8 heteroatoms. The molecule has 0 fully saturated rings. The topological polar surface area (TPSA) is 63.5 Å². The number of hydrogen-bond donors (Lipinski definition) is 1. The lowest BCUT2D eigenvalue weighted by Crippen LogP contribution is -2.30. The molecule has 0 radical (unpaired) electrons. The molecule has 1 N–H and O–H groups in total. The maximum absolute atomic E-state index is 13.1. The Kier molecular flexibility index (Phi) is 5.13. The summed E-state index contributed by atoms with van der Waals surface area (Å²) in [5.74, 6) is -2.33. The number of nitrogens with zero attached hydrogens (tertiary/aromatic N) is 2. The maximum atomic E-state index is 13.1. The van der Waals surface area contributed by atoms with Crippen molar-refractivity contribution in [1.29, 1.82) is 0 Å². The molecule has 0 spiro atoms. The zero-order valence-electron chi connectivity index (χ0n) is 17.5. The van der Waals surface area contributed by atoms with Crippen molar-refractivity contribution in [1.82, 2.24) is 9.38 Å². The molecule has 3 aromatic carbocycles. The lowest BCUT2D eigenvalue weighted by atomic mass is 9.96. The summed E-state index contributed by atoms with van der Waals surface area (Å²) >= 11 is 0. The molecule has 34 heavy (non-hydrogen) atoms. The number of hydrogen-bond acceptors (Lipinski definition) is 3. The van der Waals surface area contributed by atoms with Gasteiger partial charge in [0.05, 0.1) is 0 Å². The number of benzene rings is 3. The number of rotatable bonds is 4. The SMILES string of the molecule is O=C(c1ccccc1)c1cc(-c2cc3ccccc3cc2NC(=O)C(F)(F)F)c2nccn2c1. The van der Waals surface area contributed by atoms with E-state index < -0.39 is 12.1 Å².